The molecule has 0 atom stereocenters. The van der Waals surface area contributed by atoms with Crippen LogP contribution in [-0.4, -0.2) is 34.4 Å². The molecule has 37 heavy (non-hydrogen) atoms. The SMILES string of the molecule is CCOC(=O)c1cnc2c(NC(=O)c3c(Cl)cccc3Cl)cccc2c1CC(=O)NCc1ccccn1. The number of aromatic nitrogens is 2. The molecule has 188 valence electrons. The third-order valence-corrected chi connectivity index (χ3v) is 6.10. The van der Waals surface area contributed by atoms with Crippen LogP contribution in [0.1, 0.15) is 38.9 Å². The number of hydrogen-bond donors (Lipinski definition) is 2. The van der Waals surface area contributed by atoms with E-state index in [1.54, 1.807) is 61.7 Å². The number of benzene rings is 2. The van der Waals surface area contributed by atoms with Gasteiger partial charge in [-0.1, -0.05) is 47.5 Å². The highest BCUT2D eigenvalue weighted by molar-refractivity contribution is 6.40. The van der Waals surface area contributed by atoms with E-state index in [1.165, 1.54) is 6.20 Å². The quantitative estimate of drug-likeness (QED) is 0.298. The Kier molecular flexibility index (Phi) is 8.32. The molecule has 0 aliphatic heterocycles. The predicted octanol–water partition coefficient (Wildman–Crippen LogP) is 5.22. The number of rotatable bonds is 8. The van der Waals surface area contributed by atoms with Gasteiger partial charge in [0.2, 0.25) is 5.91 Å². The molecule has 10 heteroatoms. The van der Waals surface area contributed by atoms with E-state index in [-0.39, 0.29) is 46.7 Å². The summed E-state index contributed by atoms with van der Waals surface area (Å²) < 4.78 is 5.19. The van der Waals surface area contributed by atoms with Crippen molar-refractivity contribution < 1.29 is 19.1 Å². The minimum absolute atomic E-state index is 0.117. The van der Waals surface area contributed by atoms with Gasteiger partial charge in [0, 0.05) is 17.8 Å². The number of hydrogen-bond acceptors (Lipinski definition) is 6. The Morgan fingerprint density at radius 1 is 0.946 bits per heavy atom. The normalized spacial score (nSPS) is 10.7. The fraction of sp³-hybridized carbons (Fsp3) is 0.148. The lowest BCUT2D eigenvalue weighted by Gasteiger charge is -2.15. The van der Waals surface area contributed by atoms with Gasteiger partial charge in [-0.15, -0.1) is 0 Å². The number of carbonyl (C=O) groups excluding carboxylic acids is 3. The minimum Gasteiger partial charge on any atom is -0.462 e. The number of ether oxygens (including phenoxy) is 1. The number of fused-ring (bicyclic) bond motifs is 1. The number of amides is 2. The maximum atomic E-state index is 13.0. The molecule has 0 aliphatic carbocycles. The molecule has 0 radical (unpaired) electrons. The van der Waals surface area contributed by atoms with E-state index < -0.39 is 11.9 Å². The molecular formula is C27H22Cl2N4O4. The molecule has 2 aromatic heterocycles. The summed E-state index contributed by atoms with van der Waals surface area (Å²) in [6, 6.07) is 15.3. The average Bonchev–Trinajstić information content (AvgIpc) is 2.88. The number of halogens is 2. The maximum Gasteiger partial charge on any atom is 0.340 e. The van der Waals surface area contributed by atoms with E-state index in [0.717, 1.165) is 0 Å². The van der Waals surface area contributed by atoms with Crippen LogP contribution < -0.4 is 10.6 Å². The first-order chi connectivity index (χ1) is 17.9. The Balaban J connectivity index is 1.69. The number of anilines is 1. The first kappa shape index (κ1) is 26.1. The van der Waals surface area contributed by atoms with Gasteiger partial charge in [-0.05, 0) is 42.8 Å². The van der Waals surface area contributed by atoms with Gasteiger partial charge < -0.3 is 15.4 Å². The summed E-state index contributed by atoms with van der Waals surface area (Å²) in [6.45, 7) is 2.09. The van der Waals surface area contributed by atoms with Crippen molar-refractivity contribution in [1.82, 2.24) is 15.3 Å². The van der Waals surface area contributed by atoms with E-state index in [4.69, 9.17) is 27.9 Å². The van der Waals surface area contributed by atoms with Crippen molar-refractivity contribution in [3.63, 3.8) is 0 Å². The van der Waals surface area contributed by atoms with Crippen molar-refractivity contribution in [3.05, 3.63) is 99.4 Å². The lowest BCUT2D eigenvalue weighted by Crippen LogP contribution is -2.26. The maximum absolute atomic E-state index is 13.0. The van der Waals surface area contributed by atoms with E-state index >= 15 is 0 Å². The summed E-state index contributed by atoms with van der Waals surface area (Å²) in [7, 11) is 0. The van der Waals surface area contributed by atoms with E-state index in [9.17, 15) is 14.4 Å². The zero-order valence-corrected chi connectivity index (χ0v) is 21.3. The Hall–Kier alpha value is -4.01. The summed E-state index contributed by atoms with van der Waals surface area (Å²) in [5, 5.41) is 6.53. The van der Waals surface area contributed by atoms with Crippen LogP contribution in [0.4, 0.5) is 5.69 Å². The highest BCUT2D eigenvalue weighted by Crippen LogP contribution is 2.30. The van der Waals surface area contributed by atoms with Gasteiger partial charge >= 0.3 is 5.97 Å². The van der Waals surface area contributed by atoms with Crippen molar-refractivity contribution in [1.29, 1.82) is 0 Å². The smallest absolute Gasteiger partial charge is 0.340 e. The Bertz CT molecular complexity index is 1460. The fourth-order valence-electron chi connectivity index (χ4n) is 3.77. The third kappa shape index (κ3) is 6.04. The molecule has 2 aromatic carbocycles. The number of esters is 1. The second-order valence-electron chi connectivity index (χ2n) is 7.90. The highest BCUT2D eigenvalue weighted by Gasteiger charge is 2.22. The first-order valence-corrected chi connectivity index (χ1v) is 12.1. The molecule has 0 fully saturated rings. The second-order valence-corrected chi connectivity index (χ2v) is 8.71. The topological polar surface area (TPSA) is 110 Å². The highest BCUT2D eigenvalue weighted by atomic mass is 35.5. The van der Waals surface area contributed by atoms with Crippen LogP contribution in [0.15, 0.2) is 67.0 Å². The molecule has 2 N–H and O–H groups in total. The van der Waals surface area contributed by atoms with Crippen molar-refractivity contribution in [2.75, 3.05) is 11.9 Å². The lowest BCUT2D eigenvalue weighted by atomic mass is 9.99. The van der Waals surface area contributed by atoms with E-state index in [0.29, 0.717) is 27.8 Å². The molecule has 0 bridgehead atoms. The van der Waals surface area contributed by atoms with Gasteiger partial charge in [-0.25, -0.2) is 4.79 Å². The van der Waals surface area contributed by atoms with Crippen molar-refractivity contribution >= 4 is 57.6 Å². The summed E-state index contributed by atoms with van der Waals surface area (Å²) in [5.41, 5.74) is 2.17. The largest absolute Gasteiger partial charge is 0.462 e. The molecule has 2 amide bonds. The molecule has 0 aliphatic rings. The van der Waals surface area contributed by atoms with E-state index in [2.05, 4.69) is 20.6 Å². The van der Waals surface area contributed by atoms with Crippen LogP contribution in [0, 0.1) is 0 Å². The summed E-state index contributed by atoms with van der Waals surface area (Å²) in [6.07, 6.45) is 2.87. The van der Waals surface area contributed by atoms with Gasteiger partial charge in [0.15, 0.2) is 0 Å². The molecule has 0 unspecified atom stereocenters. The van der Waals surface area contributed by atoms with Gasteiger partial charge in [0.25, 0.3) is 5.91 Å². The van der Waals surface area contributed by atoms with Crippen LogP contribution >= 0.6 is 23.2 Å². The molecule has 4 aromatic rings. The number of carbonyl (C=O) groups is 3. The standard InChI is InChI=1S/C27H22Cl2N4O4/c1-2-37-27(36)19-15-32-25-17(18(19)13-23(34)31-14-16-7-3-4-12-30-16)8-5-11-22(25)33-26(35)24-20(28)9-6-10-21(24)29/h3-12,15H,2,13-14H2,1H3,(H,31,34)(H,33,35). The summed E-state index contributed by atoms with van der Waals surface area (Å²) in [5.74, 6) is -1.43. The van der Waals surface area contributed by atoms with Crippen molar-refractivity contribution in [2.45, 2.75) is 19.9 Å². The molecule has 0 spiro atoms. The molecule has 2 heterocycles. The zero-order chi connectivity index (χ0) is 26.4. The number of para-hydroxylation sites is 1. The van der Waals surface area contributed by atoms with Crippen molar-refractivity contribution in [2.24, 2.45) is 0 Å². The Labute approximate surface area is 223 Å². The van der Waals surface area contributed by atoms with Crippen molar-refractivity contribution in [3.8, 4) is 0 Å². The number of pyridine rings is 2. The van der Waals surface area contributed by atoms with Crippen LogP contribution in [0.2, 0.25) is 10.0 Å². The number of nitrogens with zero attached hydrogens (tertiary/aromatic N) is 2. The number of nitrogens with one attached hydrogen (secondary N) is 2. The Morgan fingerprint density at radius 2 is 1.70 bits per heavy atom. The average molecular weight is 537 g/mol. The molecule has 8 nitrogen and oxygen atoms in total. The summed E-state index contributed by atoms with van der Waals surface area (Å²) in [4.78, 5) is 47.2. The summed E-state index contributed by atoms with van der Waals surface area (Å²) >= 11 is 12.4. The Morgan fingerprint density at radius 3 is 2.41 bits per heavy atom. The molecule has 0 saturated carbocycles. The monoisotopic (exact) mass is 536 g/mol. The molecule has 0 saturated heterocycles. The zero-order valence-electron chi connectivity index (χ0n) is 19.8. The third-order valence-electron chi connectivity index (χ3n) is 5.47. The van der Waals surface area contributed by atoms with E-state index in [1.807, 2.05) is 6.07 Å². The second kappa shape index (κ2) is 11.8. The van der Waals surface area contributed by atoms with Crippen LogP contribution in [0.3, 0.4) is 0 Å². The predicted molar refractivity (Wildman–Crippen MR) is 142 cm³/mol. The first-order valence-electron chi connectivity index (χ1n) is 11.4. The van der Waals surface area contributed by atoms with Gasteiger partial charge in [0.1, 0.15) is 0 Å². The fourth-order valence-corrected chi connectivity index (χ4v) is 4.34. The van der Waals surface area contributed by atoms with Crippen LogP contribution in [0.25, 0.3) is 10.9 Å². The van der Waals surface area contributed by atoms with Gasteiger partial charge in [-0.3, -0.25) is 19.6 Å². The van der Waals surface area contributed by atoms with Gasteiger partial charge in [-0.2, -0.15) is 0 Å². The van der Waals surface area contributed by atoms with Crippen LogP contribution in [-0.2, 0) is 22.5 Å². The lowest BCUT2D eigenvalue weighted by molar-refractivity contribution is -0.120. The molecular weight excluding hydrogens is 515 g/mol. The molecule has 4 rings (SSSR count). The van der Waals surface area contributed by atoms with Crippen LogP contribution in [0.5, 0.6) is 0 Å². The van der Waals surface area contributed by atoms with Gasteiger partial charge in [0.05, 0.1) is 57.6 Å². The minimum atomic E-state index is -0.596.